The minimum atomic E-state index is -0.530. The van der Waals surface area contributed by atoms with Crippen LogP contribution in [0.4, 0.5) is 0 Å². The second-order valence-electron chi connectivity index (χ2n) is 6.07. The fourth-order valence-corrected chi connectivity index (χ4v) is 2.83. The van der Waals surface area contributed by atoms with Crippen molar-refractivity contribution in [3.63, 3.8) is 0 Å². The third-order valence-electron chi connectivity index (χ3n) is 3.73. The monoisotopic (exact) mass is 368 g/mol. The van der Waals surface area contributed by atoms with Crippen molar-refractivity contribution < 1.29 is 14.2 Å². The number of rotatable bonds is 7. The van der Waals surface area contributed by atoms with Crippen LogP contribution in [0, 0.1) is 5.92 Å². The second-order valence-corrected chi connectivity index (χ2v) is 6.72. The lowest BCUT2D eigenvalue weighted by atomic mass is 9.99. The van der Waals surface area contributed by atoms with Crippen LogP contribution in [0.1, 0.15) is 26.3 Å². The number of ether oxygens (including phenoxy) is 3. The maximum absolute atomic E-state index is 6.19. The second kappa shape index (κ2) is 8.25. The molecule has 1 saturated heterocycles. The van der Waals surface area contributed by atoms with Gasteiger partial charge in [0.2, 0.25) is 0 Å². The smallest absolute Gasteiger partial charge is 0.163 e. The van der Waals surface area contributed by atoms with Gasteiger partial charge in [0.1, 0.15) is 6.10 Å². The molecule has 0 bridgehead atoms. The van der Waals surface area contributed by atoms with Gasteiger partial charge in [-0.2, -0.15) is 0 Å². The average Bonchev–Trinajstić information content (AvgIpc) is 2.86. The van der Waals surface area contributed by atoms with Crippen molar-refractivity contribution >= 4 is 15.9 Å². The summed E-state index contributed by atoms with van der Waals surface area (Å²) in [6.45, 7) is 7.20. The lowest BCUT2D eigenvalue weighted by Gasteiger charge is -2.28. The summed E-state index contributed by atoms with van der Waals surface area (Å²) >= 11 is 3.42. The highest BCUT2D eigenvalue weighted by Gasteiger charge is 2.39. The fraction of sp³-hybridized carbons (Fsp3) is 0.556. The van der Waals surface area contributed by atoms with E-state index in [2.05, 4.69) is 47.1 Å². The first-order valence-corrected chi connectivity index (χ1v) is 8.84. The summed E-state index contributed by atoms with van der Waals surface area (Å²) in [6, 6.07) is 10.2. The van der Waals surface area contributed by atoms with Crippen molar-refractivity contribution in [3.05, 3.63) is 48.0 Å². The Labute approximate surface area is 141 Å². The van der Waals surface area contributed by atoms with Gasteiger partial charge in [0.25, 0.3) is 0 Å². The lowest BCUT2D eigenvalue weighted by Crippen LogP contribution is -2.37. The van der Waals surface area contributed by atoms with Crippen molar-refractivity contribution in [2.24, 2.45) is 5.92 Å². The molecule has 2 rings (SSSR count). The third-order valence-corrected chi connectivity index (χ3v) is 4.10. The number of allylic oxidation sites excluding steroid dienone is 1. The van der Waals surface area contributed by atoms with Gasteiger partial charge < -0.3 is 14.2 Å². The molecule has 0 radical (unpaired) electrons. The molecule has 0 amide bonds. The molecule has 1 fully saturated rings. The van der Waals surface area contributed by atoms with E-state index in [1.165, 1.54) is 5.56 Å². The van der Waals surface area contributed by atoms with Crippen LogP contribution in [-0.4, -0.2) is 29.9 Å². The summed E-state index contributed by atoms with van der Waals surface area (Å²) in [5, 5.41) is 0.844. The van der Waals surface area contributed by atoms with Gasteiger partial charge in [-0.15, -0.1) is 0 Å². The number of halogens is 1. The van der Waals surface area contributed by atoms with Crippen LogP contribution < -0.4 is 0 Å². The number of alkyl halides is 1. The van der Waals surface area contributed by atoms with Gasteiger partial charge in [-0.1, -0.05) is 65.3 Å². The van der Waals surface area contributed by atoms with E-state index in [1.54, 1.807) is 0 Å². The Kier molecular flexibility index (Phi) is 6.63. The van der Waals surface area contributed by atoms with Crippen LogP contribution in [0.25, 0.3) is 0 Å². The molecular formula is C18H25BrO3. The van der Waals surface area contributed by atoms with Crippen molar-refractivity contribution in [1.82, 2.24) is 0 Å². The molecule has 1 aliphatic heterocycles. The molecule has 0 spiro atoms. The number of hydrogen-bond acceptors (Lipinski definition) is 3. The van der Waals surface area contributed by atoms with Crippen LogP contribution in [0.2, 0.25) is 0 Å². The molecule has 1 heterocycles. The average molecular weight is 369 g/mol. The Balaban J connectivity index is 2.03. The zero-order valence-electron chi connectivity index (χ0n) is 13.5. The molecule has 122 valence electrons. The Morgan fingerprint density at radius 3 is 2.68 bits per heavy atom. The van der Waals surface area contributed by atoms with E-state index in [4.69, 9.17) is 14.2 Å². The summed E-state index contributed by atoms with van der Waals surface area (Å²) < 4.78 is 17.9. The van der Waals surface area contributed by atoms with Gasteiger partial charge in [-0.25, -0.2) is 0 Å². The Morgan fingerprint density at radius 2 is 2.09 bits per heavy atom. The van der Waals surface area contributed by atoms with Gasteiger partial charge in [0.15, 0.2) is 5.79 Å². The molecule has 3 atom stereocenters. The molecule has 1 aromatic rings. The molecule has 0 aromatic heterocycles. The van der Waals surface area contributed by atoms with Crippen molar-refractivity contribution in [2.75, 3.05) is 11.9 Å². The predicted octanol–water partition coefficient (Wildman–Crippen LogP) is 4.31. The van der Waals surface area contributed by atoms with Crippen LogP contribution in [0.5, 0.6) is 0 Å². The third kappa shape index (κ3) is 5.20. The van der Waals surface area contributed by atoms with Gasteiger partial charge >= 0.3 is 0 Å². The van der Waals surface area contributed by atoms with Gasteiger partial charge in [0.05, 0.1) is 19.3 Å². The summed E-state index contributed by atoms with van der Waals surface area (Å²) in [6.07, 6.45) is 4.19. The van der Waals surface area contributed by atoms with Crippen LogP contribution in [-0.2, 0) is 20.8 Å². The highest BCUT2D eigenvalue weighted by molar-refractivity contribution is 9.09. The molecular weight excluding hydrogens is 344 g/mol. The van der Waals surface area contributed by atoms with Crippen molar-refractivity contribution in [2.45, 2.75) is 45.4 Å². The molecule has 0 saturated carbocycles. The van der Waals surface area contributed by atoms with E-state index in [0.717, 1.165) is 5.33 Å². The maximum atomic E-state index is 6.19. The van der Waals surface area contributed by atoms with E-state index >= 15 is 0 Å². The molecule has 0 unspecified atom stereocenters. The Bertz CT molecular complexity index is 472. The van der Waals surface area contributed by atoms with Crippen LogP contribution >= 0.6 is 15.9 Å². The first-order chi connectivity index (χ1) is 10.5. The zero-order chi connectivity index (χ0) is 16.0. The maximum Gasteiger partial charge on any atom is 0.163 e. The Hall–Kier alpha value is -0.680. The largest absolute Gasteiger partial charge is 0.370 e. The standard InChI is InChI=1S/C18H25BrO3/c1-14(8-7-11-19)17(16-13-21-18(2,3)22-16)20-12-15-9-5-4-6-10-15/h4-10,14,16-17H,11-13H2,1-3H3/b8-7+/t14-,16+,17-/m0/s1. The SMILES string of the molecule is C[C@@H](/C=C/CBr)[C@H](OCc1ccccc1)[C@H]1COC(C)(C)O1. The first-order valence-electron chi connectivity index (χ1n) is 7.72. The van der Waals surface area contributed by atoms with Gasteiger partial charge in [-0.3, -0.25) is 0 Å². The molecule has 22 heavy (non-hydrogen) atoms. The normalized spacial score (nSPS) is 23.7. The summed E-state index contributed by atoms with van der Waals surface area (Å²) in [5.74, 6) is -0.276. The van der Waals surface area contributed by atoms with E-state index in [0.29, 0.717) is 13.2 Å². The highest BCUT2D eigenvalue weighted by atomic mass is 79.9. The minimum Gasteiger partial charge on any atom is -0.370 e. The first kappa shape index (κ1) is 17.7. The van der Waals surface area contributed by atoms with E-state index < -0.39 is 5.79 Å². The number of benzene rings is 1. The summed E-state index contributed by atoms with van der Waals surface area (Å²) in [5.41, 5.74) is 1.17. The topological polar surface area (TPSA) is 27.7 Å². The summed E-state index contributed by atoms with van der Waals surface area (Å²) in [7, 11) is 0. The fourth-order valence-electron chi connectivity index (χ4n) is 2.62. The van der Waals surface area contributed by atoms with Crippen molar-refractivity contribution in [1.29, 1.82) is 0 Å². The van der Waals surface area contributed by atoms with Crippen molar-refractivity contribution in [3.8, 4) is 0 Å². The van der Waals surface area contributed by atoms with E-state index in [-0.39, 0.29) is 18.1 Å². The predicted molar refractivity (Wildman–Crippen MR) is 92.0 cm³/mol. The van der Waals surface area contributed by atoms with Gasteiger partial charge in [-0.05, 0) is 19.4 Å². The molecule has 0 aliphatic carbocycles. The summed E-state index contributed by atoms with van der Waals surface area (Å²) in [4.78, 5) is 0. The van der Waals surface area contributed by atoms with Gasteiger partial charge in [0, 0.05) is 11.2 Å². The lowest BCUT2D eigenvalue weighted by molar-refractivity contribution is -0.161. The molecule has 0 N–H and O–H groups in total. The molecule has 1 aromatic carbocycles. The minimum absolute atomic E-state index is 0.0303. The highest BCUT2D eigenvalue weighted by Crippen LogP contribution is 2.29. The van der Waals surface area contributed by atoms with Crippen LogP contribution in [0.3, 0.4) is 0 Å². The molecule has 4 heteroatoms. The molecule has 3 nitrogen and oxygen atoms in total. The van der Waals surface area contributed by atoms with E-state index in [9.17, 15) is 0 Å². The zero-order valence-corrected chi connectivity index (χ0v) is 15.1. The molecule has 1 aliphatic rings. The Morgan fingerprint density at radius 1 is 1.36 bits per heavy atom. The van der Waals surface area contributed by atoms with E-state index in [1.807, 2.05) is 32.0 Å². The van der Waals surface area contributed by atoms with Crippen LogP contribution in [0.15, 0.2) is 42.5 Å². The quantitative estimate of drug-likeness (QED) is 0.530. The number of hydrogen-bond donors (Lipinski definition) is 0.